The first-order chi connectivity index (χ1) is 7.24. The Labute approximate surface area is 99.1 Å². The Morgan fingerprint density at radius 2 is 1.87 bits per heavy atom. The summed E-state index contributed by atoms with van der Waals surface area (Å²) < 4.78 is 11.1. The summed E-state index contributed by atoms with van der Waals surface area (Å²) in [5.74, 6) is 2.46. The van der Waals surface area contributed by atoms with Crippen LogP contribution in [0.25, 0.3) is 0 Å². The van der Waals surface area contributed by atoms with Gasteiger partial charge >= 0.3 is 0 Å². The highest BCUT2D eigenvalue weighted by molar-refractivity contribution is 7.80. The van der Waals surface area contributed by atoms with Gasteiger partial charge in [-0.1, -0.05) is 13.8 Å². The normalized spacial score (nSPS) is 31.8. The lowest BCUT2D eigenvalue weighted by Gasteiger charge is -2.31. The van der Waals surface area contributed by atoms with Crippen molar-refractivity contribution in [1.29, 1.82) is 0 Å². The van der Waals surface area contributed by atoms with Gasteiger partial charge in [0.15, 0.2) is 0 Å². The lowest BCUT2D eigenvalue weighted by molar-refractivity contribution is -0.0244. The predicted molar refractivity (Wildman–Crippen MR) is 66.6 cm³/mol. The van der Waals surface area contributed by atoms with Gasteiger partial charge in [-0.3, -0.25) is 0 Å². The van der Waals surface area contributed by atoms with Crippen LogP contribution in [0.5, 0.6) is 0 Å². The Kier molecular flexibility index (Phi) is 6.69. The molecule has 3 unspecified atom stereocenters. The van der Waals surface area contributed by atoms with E-state index in [4.69, 9.17) is 9.47 Å². The van der Waals surface area contributed by atoms with E-state index in [1.54, 1.807) is 0 Å². The highest BCUT2D eigenvalue weighted by atomic mass is 32.1. The minimum Gasteiger partial charge on any atom is -0.378 e. The van der Waals surface area contributed by atoms with Gasteiger partial charge in [0.05, 0.1) is 25.9 Å². The molecule has 1 saturated carbocycles. The van der Waals surface area contributed by atoms with Crippen LogP contribution >= 0.6 is 12.6 Å². The molecule has 0 N–H and O–H groups in total. The average molecular weight is 232 g/mol. The maximum Gasteiger partial charge on any atom is 0.0704 e. The molecule has 1 aliphatic carbocycles. The number of hydrogen-bond donors (Lipinski definition) is 1. The summed E-state index contributed by atoms with van der Waals surface area (Å²) >= 11 is 4.08. The van der Waals surface area contributed by atoms with Gasteiger partial charge in [-0.05, 0) is 31.1 Å². The van der Waals surface area contributed by atoms with E-state index in [-0.39, 0.29) is 0 Å². The molecule has 90 valence electrons. The first-order valence-electron chi connectivity index (χ1n) is 6.04. The number of rotatable bonds is 6. The summed E-state index contributed by atoms with van der Waals surface area (Å²) in [5, 5.41) is 0. The summed E-state index contributed by atoms with van der Waals surface area (Å²) in [6.07, 6.45) is 4.21. The van der Waals surface area contributed by atoms with Crippen LogP contribution in [-0.2, 0) is 9.47 Å². The van der Waals surface area contributed by atoms with E-state index in [0.717, 1.165) is 30.8 Å². The van der Waals surface area contributed by atoms with Gasteiger partial charge in [0.25, 0.3) is 0 Å². The molecular formula is C12H24O2S. The van der Waals surface area contributed by atoms with Crippen LogP contribution in [0.3, 0.4) is 0 Å². The molecule has 0 spiro atoms. The monoisotopic (exact) mass is 232 g/mol. The first kappa shape index (κ1) is 13.3. The zero-order valence-corrected chi connectivity index (χ0v) is 10.8. The zero-order chi connectivity index (χ0) is 11.1. The number of hydrogen-bond acceptors (Lipinski definition) is 3. The van der Waals surface area contributed by atoms with E-state index >= 15 is 0 Å². The van der Waals surface area contributed by atoms with Crippen LogP contribution in [-0.4, -0.2) is 31.7 Å². The van der Waals surface area contributed by atoms with Crippen molar-refractivity contribution in [3.63, 3.8) is 0 Å². The highest BCUT2D eigenvalue weighted by Crippen LogP contribution is 2.30. The van der Waals surface area contributed by atoms with Gasteiger partial charge in [0.2, 0.25) is 0 Å². The largest absolute Gasteiger partial charge is 0.378 e. The van der Waals surface area contributed by atoms with E-state index in [2.05, 4.69) is 26.5 Å². The van der Waals surface area contributed by atoms with Crippen molar-refractivity contribution in [3.05, 3.63) is 0 Å². The molecule has 0 amide bonds. The summed E-state index contributed by atoms with van der Waals surface area (Å²) in [4.78, 5) is 0. The SMILES string of the molecule is CC1CCC(OCCOCCS)CC1C. The summed E-state index contributed by atoms with van der Waals surface area (Å²) in [6.45, 7) is 6.85. The predicted octanol–water partition coefficient (Wildman–Crippen LogP) is 2.77. The molecule has 3 atom stereocenters. The van der Waals surface area contributed by atoms with E-state index in [1.165, 1.54) is 19.3 Å². The first-order valence-corrected chi connectivity index (χ1v) is 6.67. The van der Waals surface area contributed by atoms with Crippen molar-refractivity contribution >= 4 is 12.6 Å². The molecule has 1 rings (SSSR count). The van der Waals surface area contributed by atoms with Gasteiger partial charge in [-0.2, -0.15) is 12.6 Å². The Morgan fingerprint density at radius 1 is 1.07 bits per heavy atom. The fourth-order valence-electron chi connectivity index (χ4n) is 2.09. The van der Waals surface area contributed by atoms with Crippen LogP contribution < -0.4 is 0 Å². The minimum atomic E-state index is 0.468. The third-order valence-corrected chi connectivity index (χ3v) is 3.55. The van der Waals surface area contributed by atoms with Crippen molar-refractivity contribution in [2.45, 2.75) is 39.2 Å². The van der Waals surface area contributed by atoms with Crippen molar-refractivity contribution in [2.75, 3.05) is 25.6 Å². The fourth-order valence-corrected chi connectivity index (χ4v) is 2.22. The van der Waals surface area contributed by atoms with Crippen LogP contribution in [0.15, 0.2) is 0 Å². The van der Waals surface area contributed by atoms with Crippen molar-refractivity contribution in [1.82, 2.24) is 0 Å². The lowest BCUT2D eigenvalue weighted by atomic mass is 9.80. The summed E-state index contributed by atoms with van der Waals surface area (Å²) in [7, 11) is 0. The molecule has 15 heavy (non-hydrogen) atoms. The molecule has 0 bridgehead atoms. The number of thiol groups is 1. The van der Waals surface area contributed by atoms with E-state index < -0.39 is 0 Å². The number of ether oxygens (including phenoxy) is 2. The van der Waals surface area contributed by atoms with Crippen LogP contribution in [0.1, 0.15) is 33.1 Å². The third-order valence-electron chi connectivity index (χ3n) is 3.37. The zero-order valence-electron chi connectivity index (χ0n) is 9.95. The smallest absolute Gasteiger partial charge is 0.0704 e. The second kappa shape index (κ2) is 7.53. The van der Waals surface area contributed by atoms with E-state index in [9.17, 15) is 0 Å². The van der Waals surface area contributed by atoms with Crippen molar-refractivity contribution < 1.29 is 9.47 Å². The van der Waals surface area contributed by atoms with Gasteiger partial charge < -0.3 is 9.47 Å². The minimum absolute atomic E-state index is 0.468. The maximum atomic E-state index is 5.80. The fraction of sp³-hybridized carbons (Fsp3) is 1.00. The van der Waals surface area contributed by atoms with Crippen LogP contribution in [0.4, 0.5) is 0 Å². The maximum absolute atomic E-state index is 5.80. The van der Waals surface area contributed by atoms with Crippen LogP contribution in [0.2, 0.25) is 0 Å². The third kappa shape index (κ3) is 5.23. The molecule has 0 aromatic heterocycles. The molecule has 0 aliphatic heterocycles. The van der Waals surface area contributed by atoms with Crippen molar-refractivity contribution in [3.8, 4) is 0 Å². The molecule has 1 fully saturated rings. The molecule has 2 nitrogen and oxygen atoms in total. The molecule has 0 radical (unpaired) electrons. The molecule has 0 heterocycles. The van der Waals surface area contributed by atoms with Crippen LogP contribution in [0, 0.1) is 11.8 Å². The second-order valence-electron chi connectivity index (χ2n) is 4.60. The quantitative estimate of drug-likeness (QED) is 0.561. The van der Waals surface area contributed by atoms with Gasteiger partial charge in [0.1, 0.15) is 0 Å². The molecule has 0 aromatic carbocycles. The average Bonchev–Trinajstić information content (AvgIpc) is 2.23. The van der Waals surface area contributed by atoms with Gasteiger partial charge in [-0.25, -0.2) is 0 Å². The Morgan fingerprint density at radius 3 is 2.53 bits per heavy atom. The van der Waals surface area contributed by atoms with E-state index in [0.29, 0.717) is 12.7 Å². The molecular weight excluding hydrogens is 208 g/mol. The lowest BCUT2D eigenvalue weighted by Crippen LogP contribution is -2.27. The highest BCUT2D eigenvalue weighted by Gasteiger charge is 2.24. The Hall–Kier alpha value is 0.270. The Balaban J connectivity index is 2.02. The van der Waals surface area contributed by atoms with Crippen molar-refractivity contribution in [2.24, 2.45) is 11.8 Å². The van der Waals surface area contributed by atoms with Gasteiger partial charge in [-0.15, -0.1) is 0 Å². The standard InChI is InChI=1S/C12H24O2S/c1-10-3-4-12(9-11(10)2)14-6-5-13-7-8-15/h10-12,15H,3-9H2,1-2H3. The molecule has 0 saturated heterocycles. The Bertz CT molecular complexity index is 164. The van der Waals surface area contributed by atoms with Gasteiger partial charge in [0, 0.05) is 5.75 Å². The topological polar surface area (TPSA) is 18.5 Å². The van der Waals surface area contributed by atoms with E-state index in [1.807, 2.05) is 0 Å². The molecule has 3 heteroatoms. The second-order valence-corrected chi connectivity index (χ2v) is 5.04. The summed E-state index contributed by atoms with van der Waals surface area (Å²) in [6, 6.07) is 0. The molecule has 0 aromatic rings. The molecule has 1 aliphatic rings. The summed E-state index contributed by atoms with van der Waals surface area (Å²) in [5.41, 5.74) is 0.